The maximum atomic E-state index is 12.3. The van der Waals surface area contributed by atoms with Crippen molar-refractivity contribution >= 4 is 23.8 Å². The van der Waals surface area contributed by atoms with E-state index in [1.54, 1.807) is 0 Å². The average Bonchev–Trinajstić information content (AvgIpc) is 3.40. The lowest BCUT2D eigenvalue weighted by Crippen LogP contribution is -2.44. The minimum absolute atomic E-state index is 0.0402. The van der Waals surface area contributed by atoms with E-state index in [4.69, 9.17) is 15.2 Å². The summed E-state index contributed by atoms with van der Waals surface area (Å²) in [6.07, 6.45) is 1.79. The van der Waals surface area contributed by atoms with Gasteiger partial charge in [-0.15, -0.1) is 0 Å². The van der Waals surface area contributed by atoms with E-state index in [2.05, 4.69) is 20.2 Å². The summed E-state index contributed by atoms with van der Waals surface area (Å²) in [6.45, 7) is 4.92. The lowest BCUT2D eigenvalue weighted by Gasteiger charge is -2.29. The van der Waals surface area contributed by atoms with E-state index < -0.39 is 6.09 Å². The smallest absolute Gasteiger partial charge is 0.410 e. The molecule has 0 aliphatic carbocycles. The quantitative estimate of drug-likeness (QED) is 0.701. The third-order valence-electron chi connectivity index (χ3n) is 6.68. The molecule has 1 aromatic rings. The first-order valence-electron chi connectivity index (χ1n) is 10.2. The molecule has 4 aliphatic rings. The number of nitrogens with two attached hydrogens (primary N) is 1. The Morgan fingerprint density at radius 3 is 3.07 bits per heavy atom. The summed E-state index contributed by atoms with van der Waals surface area (Å²) in [4.78, 5) is 36.1. The van der Waals surface area contributed by atoms with Crippen LogP contribution < -0.4 is 16.0 Å². The first-order valence-corrected chi connectivity index (χ1v) is 10.2. The van der Waals surface area contributed by atoms with Gasteiger partial charge in [0.25, 0.3) is 0 Å². The molecule has 0 aromatic carbocycles. The normalized spacial score (nSPS) is 32.6. The molecule has 4 aliphatic heterocycles. The van der Waals surface area contributed by atoms with Gasteiger partial charge in [0.2, 0.25) is 11.9 Å². The summed E-state index contributed by atoms with van der Waals surface area (Å²) in [7, 11) is 0. The number of carbonyl (C=O) groups excluding carboxylic acids is 2. The van der Waals surface area contributed by atoms with Crippen LogP contribution in [-0.2, 0) is 14.3 Å². The molecule has 29 heavy (non-hydrogen) atoms. The Morgan fingerprint density at radius 2 is 2.31 bits per heavy atom. The van der Waals surface area contributed by atoms with Crippen LogP contribution in [0.25, 0.3) is 0 Å². The van der Waals surface area contributed by atoms with Crippen molar-refractivity contribution in [1.29, 1.82) is 0 Å². The molecule has 10 nitrogen and oxygen atoms in total. The number of cyclic esters (lactones) is 1. The van der Waals surface area contributed by atoms with E-state index in [1.807, 2.05) is 13.0 Å². The van der Waals surface area contributed by atoms with Crippen LogP contribution in [0.2, 0.25) is 0 Å². The zero-order valence-corrected chi connectivity index (χ0v) is 16.5. The predicted molar refractivity (Wildman–Crippen MR) is 103 cm³/mol. The van der Waals surface area contributed by atoms with Crippen LogP contribution in [0.4, 0.5) is 16.6 Å². The number of hydrogen-bond acceptors (Lipinski definition) is 8. The number of aromatic nitrogens is 2. The predicted octanol–water partition coefficient (Wildman–Crippen LogP) is -0.0806. The van der Waals surface area contributed by atoms with Crippen LogP contribution in [0.1, 0.15) is 18.5 Å². The van der Waals surface area contributed by atoms with Crippen molar-refractivity contribution in [1.82, 2.24) is 20.2 Å². The van der Waals surface area contributed by atoms with Crippen molar-refractivity contribution < 1.29 is 19.1 Å². The third-order valence-corrected chi connectivity index (χ3v) is 6.68. The fraction of sp³-hybridized carbons (Fsp3) is 0.684. The van der Waals surface area contributed by atoms with Gasteiger partial charge in [-0.1, -0.05) is 0 Å². The van der Waals surface area contributed by atoms with Gasteiger partial charge in [-0.3, -0.25) is 9.69 Å². The molecule has 2 bridgehead atoms. The molecule has 0 unspecified atom stereocenters. The second-order valence-electron chi connectivity index (χ2n) is 8.48. The Kier molecular flexibility index (Phi) is 4.27. The van der Waals surface area contributed by atoms with E-state index in [0.717, 1.165) is 37.4 Å². The molecule has 1 aromatic heterocycles. The van der Waals surface area contributed by atoms with Gasteiger partial charge in [0, 0.05) is 43.2 Å². The van der Waals surface area contributed by atoms with Gasteiger partial charge in [-0.05, 0) is 19.8 Å². The highest BCUT2D eigenvalue weighted by molar-refractivity contribution is 5.82. The van der Waals surface area contributed by atoms with E-state index in [1.165, 1.54) is 4.90 Å². The molecule has 3 N–H and O–H groups in total. The molecule has 4 saturated heterocycles. The average molecular weight is 402 g/mol. The Morgan fingerprint density at radius 1 is 1.45 bits per heavy atom. The molecule has 10 heteroatoms. The molecule has 5 rings (SSSR count). The number of aryl methyl sites for hydroxylation is 1. The molecule has 2 amide bonds. The molecule has 5 heterocycles. The molecule has 1 spiro atoms. The highest BCUT2D eigenvalue weighted by Crippen LogP contribution is 2.55. The summed E-state index contributed by atoms with van der Waals surface area (Å²) in [5.41, 5.74) is 6.51. The van der Waals surface area contributed by atoms with Gasteiger partial charge >= 0.3 is 6.09 Å². The number of carbonyl (C=O) groups is 2. The Balaban J connectivity index is 1.24. The zero-order valence-electron chi connectivity index (χ0n) is 16.5. The number of nitrogens with one attached hydrogen (secondary N) is 1. The second-order valence-corrected chi connectivity index (χ2v) is 8.48. The second kappa shape index (κ2) is 6.72. The van der Waals surface area contributed by atoms with Crippen molar-refractivity contribution in [3.05, 3.63) is 11.8 Å². The Labute approximate surface area is 168 Å². The van der Waals surface area contributed by atoms with Gasteiger partial charge in [0.15, 0.2) is 0 Å². The highest BCUT2D eigenvalue weighted by Gasteiger charge is 2.63. The van der Waals surface area contributed by atoms with Crippen LogP contribution in [0.5, 0.6) is 0 Å². The monoisotopic (exact) mass is 402 g/mol. The summed E-state index contributed by atoms with van der Waals surface area (Å²) in [6, 6.07) is 1.95. The number of hydrogen-bond donors (Lipinski definition) is 2. The van der Waals surface area contributed by atoms with Crippen LogP contribution in [0.15, 0.2) is 6.07 Å². The first kappa shape index (κ1) is 18.4. The van der Waals surface area contributed by atoms with Gasteiger partial charge in [0.05, 0.1) is 18.2 Å². The lowest BCUT2D eigenvalue weighted by atomic mass is 9.73. The molecule has 4 fully saturated rings. The van der Waals surface area contributed by atoms with Crippen LogP contribution in [0.3, 0.4) is 0 Å². The minimum Gasteiger partial charge on any atom is -0.448 e. The third kappa shape index (κ3) is 3.15. The van der Waals surface area contributed by atoms with E-state index in [9.17, 15) is 9.59 Å². The van der Waals surface area contributed by atoms with Gasteiger partial charge in [-0.25, -0.2) is 9.78 Å². The van der Waals surface area contributed by atoms with Crippen molar-refractivity contribution in [2.24, 2.45) is 11.8 Å². The number of nitrogen functional groups attached to an aromatic ring is 1. The van der Waals surface area contributed by atoms with Gasteiger partial charge in [-0.2, -0.15) is 4.98 Å². The summed E-state index contributed by atoms with van der Waals surface area (Å²) in [5.74, 6) is 1.54. The van der Waals surface area contributed by atoms with Crippen LogP contribution >= 0.6 is 0 Å². The largest absolute Gasteiger partial charge is 0.448 e. The maximum absolute atomic E-state index is 12.3. The Bertz CT molecular complexity index is 830. The molecule has 0 saturated carbocycles. The number of fused-ring (bicyclic) bond motifs is 1. The van der Waals surface area contributed by atoms with Crippen molar-refractivity contribution in [2.45, 2.75) is 31.5 Å². The number of ether oxygens (including phenoxy) is 2. The van der Waals surface area contributed by atoms with Crippen molar-refractivity contribution in [3.8, 4) is 0 Å². The summed E-state index contributed by atoms with van der Waals surface area (Å²) < 4.78 is 11.3. The van der Waals surface area contributed by atoms with Crippen molar-refractivity contribution in [3.63, 3.8) is 0 Å². The number of nitrogens with zero attached hydrogens (tertiary/aromatic N) is 4. The highest BCUT2D eigenvalue weighted by atomic mass is 16.6. The molecular formula is C19H26N6O4. The summed E-state index contributed by atoms with van der Waals surface area (Å²) >= 11 is 0. The molecule has 0 radical (unpaired) electrons. The number of amides is 2. The van der Waals surface area contributed by atoms with Crippen LogP contribution in [0, 0.1) is 18.8 Å². The minimum atomic E-state index is -0.423. The standard InChI is InChI=1S/C19H26N6O4/c1-11-6-15(23-17(20)22-11)25-8-13-12(14-2-3-19(13,10-25)29-14)7-21-16(26)9-24-4-5-28-18(24)27/h6,12-14H,2-5,7-10H2,1H3,(H,21,26)(H2,20,22,23)/t12-,13+,14+,19+/m0/s1. The lowest BCUT2D eigenvalue weighted by molar-refractivity contribution is -0.121. The van der Waals surface area contributed by atoms with Crippen molar-refractivity contribution in [2.75, 3.05) is 50.0 Å². The van der Waals surface area contributed by atoms with Gasteiger partial charge < -0.3 is 25.4 Å². The van der Waals surface area contributed by atoms with Crippen LogP contribution in [-0.4, -0.2) is 77.9 Å². The van der Waals surface area contributed by atoms with E-state index in [-0.39, 0.29) is 36.0 Å². The van der Waals surface area contributed by atoms with Gasteiger partial charge in [0.1, 0.15) is 19.0 Å². The maximum Gasteiger partial charge on any atom is 0.410 e. The first-order chi connectivity index (χ1) is 13.9. The van der Waals surface area contributed by atoms with E-state index >= 15 is 0 Å². The SMILES string of the molecule is Cc1cc(N2C[C@@H]3[C@H](CNC(=O)CN4CCOC4=O)[C@H]4CC[C@]3(C2)O4)nc(N)n1. The molecular weight excluding hydrogens is 376 g/mol. The number of anilines is 2. The zero-order chi connectivity index (χ0) is 20.2. The molecule has 4 atom stereocenters. The fourth-order valence-electron chi connectivity index (χ4n) is 5.40. The number of rotatable bonds is 5. The Hall–Kier alpha value is -2.62. The summed E-state index contributed by atoms with van der Waals surface area (Å²) in [5, 5.41) is 3.01. The molecule has 156 valence electrons. The fourth-order valence-corrected chi connectivity index (χ4v) is 5.40. The van der Waals surface area contributed by atoms with E-state index in [0.29, 0.717) is 25.6 Å². The topological polar surface area (TPSA) is 123 Å².